The van der Waals surface area contributed by atoms with E-state index in [2.05, 4.69) is 5.32 Å². The predicted octanol–water partition coefficient (Wildman–Crippen LogP) is 3.90. The van der Waals surface area contributed by atoms with E-state index in [1.807, 2.05) is 17.5 Å². The Labute approximate surface area is 163 Å². The number of nitrogens with one attached hydrogen (secondary N) is 1. The summed E-state index contributed by atoms with van der Waals surface area (Å²) in [5.41, 5.74) is 0.291. The summed E-state index contributed by atoms with van der Waals surface area (Å²) in [6.07, 6.45) is 3.76. The molecule has 1 fully saturated rings. The number of nitrogens with zero attached hydrogens (tertiary/aromatic N) is 1. The summed E-state index contributed by atoms with van der Waals surface area (Å²) in [7, 11) is -3.71. The molecule has 140 valence electrons. The molecule has 1 aromatic carbocycles. The zero-order chi connectivity index (χ0) is 18.6. The van der Waals surface area contributed by atoms with Gasteiger partial charge in [-0.3, -0.25) is 4.79 Å². The molecule has 1 aliphatic rings. The molecule has 1 N–H and O–H groups in total. The number of benzene rings is 1. The molecule has 8 heteroatoms. The van der Waals surface area contributed by atoms with Crippen molar-refractivity contribution in [2.45, 2.75) is 37.1 Å². The first-order valence-electron chi connectivity index (χ1n) is 8.59. The topological polar surface area (TPSA) is 66.5 Å². The quantitative estimate of drug-likeness (QED) is 0.809. The maximum atomic E-state index is 13.0. The largest absolute Gasteiger partial charge is 0.347 e. The smallest absolute Gasteiger partial charge is 0.251 e. The highest BCUT2D eigenvalue weighted by Gasteiger charge is 2.28. The van der Waals surface area contributed by atoms with Gasteiger partial charge in [-0.05, 0) is 42.5 Å². The van der Waals surface area contributed by atoms with Crippen molar-refractivity contribution >= 4 is 38.9 Å². The highest BCUT2D eigenvalue weighted by molar-refractivity contribution is 7.89. The number of carbonyl (C=O) groups excluding carboxylic acids is 1. The second-order valence-corrected chi connectivity index (χ2v) is 9.57. The van der Waals surface area contributed by atoms with Crippen LogP contribution in [0.2, 0.25) is 5.02 Å². The van der Waals surface area contributed by atoms with E-state index in [1.165, 1.54) is 16.4 Å². The summed E-state index contributed by atoms with van der Waals surface area (Å²) in [5, 5.41) is 4.89. The summed E-state index contributed by atoms with van der Waals surface area (Å²) >= 11 is 7.72. The van der Waals surface area contributed by atoms with Crippen LogP contribution < -0.4 is 5.32 Å². The van der Waals surface area contributed by atoms with Crippen molar-refractivity contribution in [1.29, 1.82) is 0 Å². The molecule has 1 aliphatic heterocycles. The zero-order valence-corrected chi connectivity index (χ0v) is 16.7. The lowest BCUT2D eigenvalue weighted by molar-refractivity contribution is 0.0951. The van der Waals surface area contributed by atoms with Gasteiger partial charge in [-0.15, -0.1) is 11.3 Å². The fourth-order valence-electron chi connectivity index (χ4n) is 2.95. The van der Waals surface area contributed by atoms with Gasteiger partial charge in [0.2, 0.25) is 10.0 Å². The van der Waals surface area contributed by atoms with Crippen LogP contribution in [0.25, 0.3) is 0 Å². The third kappa shape index (κ3) is 4.46. The van der Waals surface area contributed by atoms with Crippen molar-refractivity contribution in [1.82, 2.24) is 9.62 Å². The number of halogens is 1. The summed E-state index contributed by atoms with van der Waals surface area (Å²) in [6, 6.07) is 8.26. The molecule has 0 atom stereocenters. The van der Waals surface area contributed by atoms with Gasteiger partial charge in [-0.25, -0.2) is 8.42 Å². The Bertz CT molecular complexity index is 859. The standard InChI is InChI=1S/C18H21ClN2O3S2/c19-16-8-7-14(18(22)20-13-15-6-5-11-25-15)12-17(16)26(23,24)21-9-3-1-2-4-10-21/h5-8,11-12H,1-4,9-10,13H2,(H,20,22). The lowest BCUT2D eigenvalue weighted by Crippen LogP contribution is -2.32. The molecular weight excluding hydrogens is 392 g/mol. The van der Waals surface area contributed by atoms with Crippen LogP contribution in [0.1, 0.15) is 40.9 Å². The second-order valence-electron chi connectivity index (χ2n) is 6.23. The molecule has 1 amide bonds. The van der Waals surface area contributed by atoms with Gasteiger partial charge in [0.25, 0.3) is 5.91 Å². The van der Waals surface area contributed by atoms with Gasteiger partial charge in [0, 0.05) is 23.5 Å². The summed E-state index contributed by atoms with van der Waals surface area (Å²) < 4.78 is 27.5. The number of thiophene rings is 1. The fraction of sp³-hybridized carbons (Fsp3) is 0.389. The van der Waals surface area contributed by atoms with Crippen molar-refractivity contribution in [3.63, 3.8) is 0 Å². The lowest BCUT2D eigenvalue weighted by Gasteiger charge is -2.21. The highest BCUT2D eigenvalue weighted by Crippen LogP contribution is 2.27. The summed E-state index contributed by atoms with van der Waals surface area (Å²) in [5.74, 6) is -0.317. The number of rotatable bonds is 5. The van der Waals surface area contributed by atoms with Gasteiger partial charge >= 0.3 is 0 Å². The van der Waals surface area contributed by atoms with Crippen molar-refractivity contribution in [2.75, 3.05) is 13.1 Å². The highest BCUT2D eigenvalue weighted by atomic mass is 35.5. The number of hydrogen-bond donors (Lipinski definition) is 1. The minimum absolute atomic E-state index is 0.00448. The van der Waals surface area contributed by atoms with E-state index < -0.39 is 10.0 Å². The molecule has 2 heterocycles. The van der Waals surface area contributed by atoms with Gasteiger partial charge in [0.15, 0.2) is 0 Å². The molecule has 0 unspecified atom stereocenters. The van der Waals surface area contributed by atoms with Crippen molar-refractivity contribution in [3.8, 4) is 0 Å². The molecular formula is C18H21ClN2O3S2. The Kier molecular flexibility index (Phi) is 6.34. The molecule has 0 aliphatic carbocycles. The van der Waals surface area contributed by atoms with Gasteiger partial charge in [0.1, 0.15) is 4.90 Å². The second kappa shape index (κ2) is 8.52. The molecule has 0 radical (unpaired) electrons. The first-order valence-corrected chi connectivity index (χ1v) is 11.3. The molecule has 26 heavy (non-hydrogen) atoms. The van der Waals surface area contributed by atoms with Gasteiger partial charge < -0.3 is 5.32 Å². The van der Waals surface area contributed by atoms with Crippen LogP contribution in [0, 0.1) is 0 Å². The van der Waals surface area contributed by atoms with Gasteiger partial charge in [-0.1, -0.05) is 30.5 Å². The molecule has 0 spiro atoms. The number of hydrogen-bond acceptors (Lipinski definition) is 4. The normalized spacial score (nSPS) is 16.2. The molecule has 1 saturated heterocycles. The van der Waals surface area contributed by atoms with E-state index in [1.54, 1.807) is 17.4 Å². The van der Waals surface area contributed by atoms with E-state index in [4.69, 9.17) is 11.6 Å². The first kappa shape index (κ1) is 19.4. The predicted molar refractivity (Wildman–Crippen MR) is 104 cm³/mol. The molecule has 1 aromatic heterocycles. The lowest BCUT2D eigenvalue weighted by atomic mass is 10.2. The first-order chi connectivity index (χ1) is 12.5. The molecule has 5 nitrogen and oxygen atoms in total. The van der Waals surface area contributed by atoms with Gasteiger partial charge in [0.05, 0.1) is 11.6 Å². The maximum absolute atomic E-state index is 13.0. The summed E-state index contributed by atoms with van der Waals surface area (Å²) in [6.45, 7) is 1.40. The Morgan fingerprint density at radius 2 is 1.88 bits per heavy atom. The zero-order valence-electron chi connectivity index (χ0n) is 14.3. The van der Waals surface area contributed by atoms with E-state index >= 15 is 0 Å². The average molecular weight is 413 g/mol. The van der Waals surface area contributed by atoms with Crippen molar-refractivity contribution in [2.24, 2.45) is 0 Å². The Morgan fingerprint density at radius 3 is 2.54 bits per heavy atom. The third-order valence-electron chi connectivity index (χ3n) is 4.38. The van der Waals surface area contributed by atoms with E-state index in [-0.39, 0.29) is 15.8 Å². The number of amides is 1. The molecule has 2 aromatic rings. The third-order valence-corrected chi connectivity index (χ3v) is 7.64. The van der Waals surface area contributed by atoms with E-state index in [0.29, 0.717) is 25.2 Å². The van der Waals surface area contributed by atoms with Crippen LogP contribution in [0.5, 0.6) is 0 Å². The Balaban J connectivity index is 1.81. The molecule has 0 bridgehead atoms. The Hall–Kier alpha value is -1.41. The fourth-order valence-corrected chi connectivity index (χ4v) is 5.61. The minimum Gasteiger partial charge on any atom is -0.347 e. The molecule has 0 saturated carbocycles. The maximum Gasteiger partial charge on any atom is 0.251 e. The van der Waals surface area contributed by atoms with Crippen LogP contribution >= 0.6 is 22.9 Å². The molecule has 3 rings (SSSR count). The number of carbonyl (C=O) groups is 1. The summed E-state index contributed by atoms with van der Waals surface area (Å²) in [4.78, 5) is 13.4. The van der Waals surface area contributed by atoms with Crippen LogP contribution in [0.15, 0.2) is 40.6 Å². The SMILES string of the molecule is O=C(NCc1cccs1)c1ccc(Cl)c(S(=O)(=O)N2CCCCCC2)c1. The minimum atomic E-state index is -3.71. The van der Waals surface area contributed by atoms with Crippen LogP contribution in [0.4, 0.5) is 0 Å². The monoisotopic (exact) mass is 412 g/mol. The van der Waals surface area contributed by atoms with E-state index in [9.17, 15) is 13.2 Å². The average Bonchev–Trinajstić information content (AvgIpc) is 2.99. The van der Waals surface area contributed by atoms with Crippen molar-refractivity contribution in [3.05, 3.63) is 51.2 Å². The Morgan fingerprint density at radius 1 is 1.15 bits per heavy atom. The van der Waals surface area contributed by atoms with Crippen LogP contribution in [0.3, 0.4) is 0 Å². The van der Waals surface area contributed by atoms with Crippen LogP contribution in [-0.2, 0) is 16.6 Å². The number of sulfonamides is 1. The van der Waals surface area contributed by atoms with Crippen LogP contribution in [-0.4, -0.2) is 31.7 Å². The van der Waals surface area contributed by atoms with Crippen molar-refractivity contribution < 1.29 is 13.2 Å². The van der Waals surface area contributed by atoms with Gasteiger partial charge in [-0.2, -0.15) is 4.31 Å². The van der Waals surface area contributed by atoms with E-state index in [0.717, 1.165) is 30.6 Å².